The van der Waals surface area contributed by atoms with Gasteiger partial charge in [0.05, 0.1) is 5.69 Å². The van der Waals surface area contributed by atoms with Crippen molar-refractivity contribution in [3.8, 4) is 0 Å². The molecule has 1 aromatic rings. The van der Waals surface area contributed by atoms with Gasteiger partial charge in [0.1, 0.15) is 11.9 Å². The third-order valence-electron chi connectivity index (χ3n) is 1.90. The van der Waals surface area contributed by atoms with Crippen molar-refractivity contribution in [3.05, 3.63) is 28.5 Å². The van der Waals surface area contributed by atoms with Crippen LogP contribution in [0.2, 0.25) is 0 Å². The molecule has 1 rings (SSSR count). The standard InChI is InChI=1S/C10H10BrFN2O3/c1-5(9(15)16)13-10(17)14-8-3-2-6(12)4-7(8)11/h2-5H,1H3,(H,15,16)(H2,13,14,17)/t5-/m1/s1. The highest BCUT2D eigenvalue weighted by atomic mass is 79.9. The van der Waals surface area contributed by atoms with Gasteiger partial charge < -0.3 is 15.7 Å². The number of halogens is 2. The molecule has 0 saturated heterocycles. The van der Waals surface area contributed by atoms with Crippen molar-refractivity contribution < 1.29 is 19.1 Å². The second-order valence-electron chi connectivity index (χ2n) is 3.28. The van der Waals surface area contributed by atoms with E-state index in [0.717, 1.165) is 0 Å². The molecule has 0 heterocycles. The molecule has 7 heteroatoms. The molecule has 92 valence electrons. The van der Waals surface area contributed by atoms with Crippen LogP contribution in [0.1, 0.15) is 6.92 Å². The molecule has 0 aliphatic heterocycles. The summed E-state index contributed by atoms with van der Waals surface area (Å²) in [6.07, 6.45) is 0. The number of hydrogen-bond acceptors (Lipinski definition) is 2. The second-order valence-corrected chi connectivity index (χ2v) is 4.14. The van der Waals surface area contributed by atoms with Gasteiger partial charge in [-0.15, -0.1) is 0 Å². The number of urea groups is 1. The normalized spacial score (nSPS) is 11.7. The van der Waals surface area contributed by atoms with E-state index in [9.17, 15) is 14.0 Å². The zero-order valence-electron chi connectivity index (χ0n) is 8.83. The summed E-state index contributed by atoms with van der Waals surface area (Å²) in [7, 11) is 0. The van der Waals surface area contributed by atoms with Crippen molar-refractivity contribution in [2.45, 2.75) is 13.0 Å². The monoisotopic (exact) mass is 304 g/mol. The first-order chi connectivity index (χ1) is 7.90. The van der Waals surface area contributed by atoms with Gasteiger partial charge in [-0.25, -0.2) is 9.18 Å². The van der Waals surface area contributed by atoms with E-state index in [4.69, 9.17) is 5.11 Å². The summed E-state index contributed by atoms with van der Waals surface area (Å²) in [5.41, 5.74) is 0.349. The molecule has 2 amide bonds. The Labute approximate surface area is 105 Å². The van der Waals surface area contributed by atoms with Crippen LogP contribution in [-0.2, 0) is 4.79 Å². The van der Waals surface area contributed by atoms with Gasteiger partial charge in [-0.3, -0.25) is 4.79 Å². The number of nitrogens with one attached hydrogen (secondary N) is 2. The summed E-state index contributed by atoms with van der Waals surface area (Å²) in [6.45, 7) is 1.33. The molecule has 0 bridgehead atoms. The predicted molar refractivity (Wildman–Crippen MR) is 63.4 cm³/mol. The molecule has 5 nitrogen and oxygen atoms in total. The van der Waals surface area contributed by atoms with Crippen molar-refractivity contribution in [1.82, 2.24) is 5.32 Å². The summed E-state index contributed by atoms with van der Waals surface area (Å²) in [6, 6.07) is 2.06. The van der Waals surface area contributed by atoms with E-state index in [1.54, 1.807) is 0 Å². The number of benzene rings is 1. The van der Waals surface area contributed by atoms with Gasteiger partial charge in [0.15, 0.2) is 0 Å². The molecule has 0 aliphatic carbocycles. The van der Waals surface area contributed by atoms with Crippen molar-refractivity contribution in [1.29, 1.82) is 0 Å². The molecule has 1 atom stereocenters. The number of carboxylic acids is 1. The smallest absolute Gasteiger partial charge is 0.325 e. The molecule has 1 aromatic carbocycles. The molecule has 0 spiro atoms. The van der Waals surface area contributed by atoms with Crippen LogP contribution in [0.15, 0.2) is 22.7 Å². The van der Waals surface area contributed by atoms with Crippen LogP contribution in [-0.4, -0.2) is 23.1 Å². The van der Waals surface area contributed by atoms with Gasteiger partial charge >= 0.3 is 12.0 Å². The number of carboxylic acid groups (broad SMARTS) is 1. The minimum Gasteiger partial charge on any atom is -0.480 e. The third kappa shape index (κ3) is 4.03. The van der Waals surface area contributed by atoms with Crippen LogP contribution in [0.25, 0.3) is 0 Å². The Morgan fingerprint density at radius 2 is 2.12 bits per heavy atom. The summed E-state index contributed by atoms with van der Waals surface area (Å²) >= 11 is 3.07. The number of amides is 2. The van der Waals surface area contributed by atoms with Crippen LogP contribution in [0.4, 0.5) is 14.9 Å². The first-order valence-electron chi connectivity index (χ1n) is 4.65. The number of anilines is 1. The summed E-state index contributed by atoms with van der Waals surface area (Å²) in [4.78, 5) is 21.9. The highest BCUT2D eigenvalue weighted by molar-refractivity contribution is 9.10. The Hall–Kier alpha value is -1.63. The van der Waals surface area contributed by atoms with Gasteiger partial charge in [-0.1, -0.05) is 0 Å². The van der Waals surface area contributed by atoms with E-state index in [1.165, 1.54) is 25.1 Å². The maximum atomic E-state index is 12.8. The quantitative estimate of drug-likeness (QED) is 0.801. The fourth-order valence-corrected chi connectivity index (χ4v) is 1.46. The van der Waals surface area contributed by atoms with Gasteiger partial charge in [0.2, 0.25) is 0 Å². The van der Waals surface area contributed by atoms with Gasteiger partial charge in [0.25, 0.3) is 0 Å². The molecule has 0 unspecified atom stereocenters. The lowest BCUT2D eigenvalue weighted by Crippen LogP contribution is -2.40. The summed E-state index contributed by atoms with van der Waals surface area (Å²) in [5, 5.41) is 13.2. The predicted octanol–water partition coefficient (Wildman–Crippen LogP) is 2.18. The SMILES string of the molecule is C[C@@H](NC(=O)Nc1ccc(F)cc1Br)C(=O)O. The molecular formula is C10H10BrFN2O3. The Morgan fingerprint density at radius 1 is 1.47 bits per heavy atom. The zero-order chi connectivity index (χ0) is 13.0. The Bertz CT molecular complexity index is 453. The van der Waals surface area contributed by atoms with E-state index in [2.05, 4.69) is 26.6 Å². The second kappa shape index (κ2) is 5.62. The number of hydrogen-bond donors (Lipinski definition) is 3. The maximum Gasteiger partial charge on any atom is 0.325 e. The van der Waals surface area contributed by atoms with E-state index in [0.29, 0.717) is 10.2 Å². The summed E-state index contributed by atoms with van der Waals surface area (Å²) < 4.78 is 13.1. The molecule has 3 N–H and O–H groups in total. The van der Waals surface area contributed by atoms with Crippen LogP contribution in [0.5, 0.6) is 0 Å². The first kappa shape index (κ1) is 13.4. The summed E-state index contributed by atoms with van der Waals surface area (Å²) in [5.74, 6) is -1.58. The molecule has 0 saturated carbocycles. The lowest BCUT2D eigenvalue weighted by atomic mass is 10.3. The largest absolute Gasteiger partial charge is 0.480 e. The van der Waals surface area contributed by atoms with E-state index >= 15 is 0 Å². The first-order valence-corrected chi connectivity index (χ1v) is 5.45. The molecule has 0 radical (unpaired) electrons. The van der Waals surface area contributed by atoms with Crippen LogP contribution < -0.4 is 10.6 Å². The Balaban J connectivity index is 2.65. The zero-order valence-corrected chi connectivity index (χ0v) is 10.4. The highest BCUT2D eigenvalue weighted by Crippen LogP contribution is 2.22. The van der Waals surface area contributed by atoms with Crippen molar-refractivity contribution in [3.63, 3.8) is 0 Å². The lowest BCUT2D eigenvalue weighted by Gasteiger charge is -2.11. The minimum atomic E-state index is -1.14. The average molecular weight is 305 g/mol. The molecule has 0 aromatic heterocycles. The number of aliphatic carboxylic acids is 1. The van der Waals surface area contributed by atoms with E-state index < -0.39 is 23.9 Å². The van der Waals surface area contributed by atoms with Gasteiger partial charge in [-0.2, -0.15) is 0 Å². The Kier molecular flexibility index (Phi) is 4.45. The number of carbonyl (C=O) groups excluding carboxylic acids is 1. The van der Waals surface area contributed by atoms with E-state index in [1.807, 2.05) is 0 Å². The Morgan fingerprint density at radius 3 is 2.65 bits per heavy atom. The minimum absolute atomic E-state index is 0.349. The van der Waals surface area contributed by atoms with Crippen LogP contribution in [0.3, 0.4) is 0 Å². The molecule has 0 fully saturated rings. The number of carbonyl (C=O) groups is 2. The van der Waals surface area contributed by atoms with Gasteiger partial charge in [-0.05, 0) is 41.1 Å². The van der Waals surface area contributed by atoms with Crippen LogP contribution in [0, 0.1) is 5.82 Å². The third-order valence-corrected chi connectivity index (χ3v) is 2.55. The van der Waals surface area contributed by atoms with Crippen LogP contribution >= 0.6 is 15.9 Å². The van der Waals surface area contributed by atoms with Gasteiger partial charge in [0, 0.05) is 4.47 Å². The lowest BCUT2D eigenvalue weighted by molar-refractivity contribution is -0.138. The fourth-order valence-electron chi connectivity index (χ4n) is 1.01. The molecule has 17 heavy (non-hydrogen) atoms. The van der Waals surface area contributed by atoms with Crippen molar-refractivity contribution >= 4 is 33.6 Å². The molecule has 0 aliphatic rings. The average Bonchev–Trinajstić information content (AvgIpc) is 2.22. The van der Waals surface area contributed by atoms with Crippen molar-refractivity contribution in [2.24, 2.45) is 0 Å². The van der Waals surface area contributed by atoms with E-state index in [-0.39, 0.29) is 0 Å². The van der Waals surface area contributed by atoms with Crippen molar-refractivity contribution in [2.75, 3.05) is 5.32 Å². The molecular weight excluding hydrogens is 295 g/mol. The highest BCUT2D eigenvalue weighted by Gasteiger charge is 2.14. The fraction of sp³-hybridized carbons (Fsp3) is 0.200. The number of rotatable bonds is 3. The maximum absolute atomic E-state index is 12.8. The topological polar surface area (TPSA) is 78.4 Å².